The quantitative estimate of drug-likeness (QED) is 0.111. The van der Waals surface area contributed by atoms with Gasteiger partial charge in [-0.15, -0.1) is 0 Å². The van der Waals surface area contributed by atoms with Gasteiger partial charge in [-0.2, -0.15) is 13.2 Å². The fourth-order valence-corrected chi connectivity index (χ4v) is 12.3. The van der Waals surface area contributed by atoms with Crippen LogP contribution < -0.4 is 32.9 Å². The number of hydrogen-bond donors (Lipinski definition) is 5. The molecule has 4 atom stereocenters. The summed E-state index contributed by atoms with van der Waals surface area (Å²) in [5.41, 5.74) is 5.83. The van der Waals surface area contributed by atoms with Gasteiger partial charge in [0.15, 0.2) is 5.54 Å². The van der Waals surface area contributed by atoms with E-state index in [0.29, 0.717) is 37.0 Å². The van der Waals surface area contributed by atoms with Crippen molar-refractivity contribution >= 4 is 11.9 Å². The second-order valence-electron chi connectivity index (χ2n) is 25.2. The molecule has 1 amide bonds. The van der Waals surface area contributed by atoms with Crippen LogP contribution in [0.3, 0.4) is 0 Å². The van der Waals surface area contributed by atoms with Crippen LogP contribution in [0.5, 0.6) is 23.0 Å². The number of carbonyl (C=O) groups excluding carboxylic acids is 1. The van der Waals surface area contributed by atoms with Crippen LogP contribution in [0.1, 0.15) is 239 Å². The lowest BCUT2D eigenvalue weighted by atomic mass is 9.66. The van der Waals surface area contributed by atoms with E-state index in [2.05, 4.69) is 105 Å². The van der Waals surface area contributed by atoms with E-state index in [-0.39, 0.29) is 82.5 Å². The normalized spacial score (nSPS) is 23.7. The number of carboxylic acid groups (broad SMARTS) is 1. The van der Waals surface area contributed by atoms with Gasteiger partial charge >= 0.3 is 12.1 Å². The number of phenols is 2. The Morgan fingerprint density at radius 2 is 1.08 bits per heavy atom. The Morgan fingerprint density at radius 3 is 1.42 bits per heavy atom. The molecule has 4 aliphatic carbocycles. The molecule has 9 nitrogen and oxygen atoms in total. The van der Waals surface area contributed by atoms with Crippen molar-refractivity contribution in [3.63, 3.8) is 0 Å². The summed E-state index contributed by atoms with van der Waals surface area (Å²) in [5, 5.41) is 35.0. The van der Waals surface area contributed by atoms with Crippen LogP contribution in [-0.2, 0) is 20.4 Å². The van der Waals surface area contributed by atoms with E-state index < -0.39 is 23.3 Å². The maximum atomic E-state index is 13.1. The predicted molar refractivity (Wildman–Crippen MR) is 280 cm³/mol. The van der Waals surface area contributed by atoms with Crippen molar-refractivity contribution in [2.75, 3.05) is 0 Å². The summed E-state index contributed by atoms with van der Waals surface area (Å²) in [6.45, 7) is 24.0. The van der Waals surface area contributed by atoms with Gasteiger partial charge < -0.3 is 48.3 Å². The van der Waals surface area contributed by atoms with Crippen LogP contribution in [-0.4, -0.2) is 55.7 Å². The third-order valence-electron chi connectivity index (χ3n) is 17.8. The molecule has 8 rings (SSSR count). The molecule has 7 N–H and O–H groups in total. The maximum Gasteiger partial charge on any atom is 0.444 e. The van der Waals surface area contributed by atoms with Gasteiger partial charge in [0.1, 0.15) is 34.2 Å². The molecule has 2 aromatic rings. The third-order valence-corrected chi connectivity index (χ3v) is 17.8. The van der Waals surface area contributed by atoms with Crippen LogP contribution in [0, 0.1) is 11.8 Å². The van der Waals surface area contributed by atoms with Crippen molar-refractivity contribution in [2.45, 2.75) is 256 Å². The summed E-state index contributed by atoms with van der Waals surface area (Å²) >= 11 is 0. The number of quaternary nitrogens is 1. The number of nitrogens with one attached hydrogen (secondary N) is 1. The minimum Gasteiger partial charge on any atom is -1.00 e. The highest BCUT2D eigenvalue weighted by Crippen LogP contribution is 2.57. The molecule has 0 saturated heterocycles. The summed E-state index contributed by atoms with van der Waals surface area (Å²) in [4.78, 5) is 24.7. The first-order valence-electron chi connectivity index (χ1n) is 27.5. The second-order valence-corrected chi connectivity index (χ2v) is 25.2. The standard InChI is InChI=1S/C30H45NO3.C25H36O4.C5H8F3N.ClH/c1-7-8-9-10-14-28(2,3)21-18-24(32)26-22-17-20(27(33)31-30(6)15-11-16-30)12-13-23(22)29(4,5)34-25(26)19-21;1-6-7-8-9-12-24(2,3)17-14-20(26)22-18-13-16(23(27)28)10-11-19(18)25(4,5)29-21(22)15-17;6-5(7,8)4(9)2-1-3-4;/h12,18-19,22-23,32H,7-11,13-17H2,1-6H3,(H,31,33);10,14-15,18-19,26H,6-9,11-13H2,1-5H3,(H,27,28);1-3,9H2;1H/t22-,23-;18-,19-;;/m11../s1. The van der Waals surface area contributed by atoms with Gasteiger partial charge in [-0.1, -0.05) is 105 Å². The van der Waals surface area contributed by atoms with Crippen LogP contribution in [0.2, 0.25) is 0 Å². The predicted octanol–water partition coefficient (Wildman–Crippen LogP) is 11.3. The van der Waals surface area contributed by atoms with E-state index >= 15 is 0 Å². The lowest BCUT2D eigenvalue weighted by Gasteiger charge is -2.47. The third kappa shape index (κ3) is 13.6. The van der Waals surface area contributed by atoms with E-state index in [1.807, 2.05) is 18.2 Å². The number of amides is 1. The number of unbranched alkanes of at least 4 members (excludes halogenated alkanes) is 6. The zero-order chi connectivity index (χ0) is 53.2. The number of benzene rings is 2. The van der Waals surface area contributed by atoms with E-state index in [1.54, 1.807) is 0 Å². The lowest BCUT2D eigenvalue weighted by Crippen LogP contribution is -3.00. The Balaban J connectivity index is 0.000000230. The fraction of sp³-hybridized carbons (Fsp3) is 0.700. The molecule has 6 aliphatic rings. The van der Waals surface area contributed by atoms with Crippen molar-refractivity contribution in [3.05, 3.63) is 69.8 Å². The van der Waals surface area contributed by atoms with Crippen molar-refractivity contribution in [3.8, 4) is 23.0 Å². The molecular weight excluding hydrogens is 953 g/mol. The minimum atomic E-state index is -4.08. The fourth-order valence-electron chi connectivity index (χ4n) is 12.3. The highest BCUT2D eigenvalue weighted by Gasteiger charge is 2.59. The van der Waals surface area contributed by atoms with Crippen LogP contribution in [0.4, 0.5) is 13.2 Å². The molecule has 2 saturated carbocycles. The van der Waals surface area contributed by atoms with Crippen molar-refractivity contribution in [1.82, 2.24) is 5.32 Å². The first-order chi connectivity index (χ1) is 33.5. The van der Waals surface area contributed by atoms with E-state index in [1.165, 1.54) is 57.8 Å². The van der Waals surface area contributed by atoms with E-state index in [9.17, 15) is 38.1 Å². The highest BCUT2D eigenvalue weighted by atomic mass is 35.5. The molecular formula is C60H90ClF3N2O7. The monoisotopic (exact) mass is 1040 g/mol. The Labute approximate surface area is 441 Å². The number of carbonyl (C=O) groups is 2. The molecule has 2 aromatic carbocycles. The summed E-state index contributed by atoms with van der Waals surface area (Å²) in [5.74, 6) is 1.73. The average Bonchev–Trinajstić information content (AvgIpc) is 3.26. The number of aromatic hydroxyl groups is 2. The van der Waals surface area contributed by atoms with E-state index in [4.69, 9.17) is 9.47 Å². The summed E-state index contributed by atoms with van der Waals surface area (Å²) < 4.78 is 48.4. The molecule has 13 heteroatoms. The number of aliphatic carboxylic acids is 1. The molecule has 2 fully saturated rings. The summed E-state index contributed by atoms with van der Waals surface area (Å²) in [6, 6.07) is 8.10. The topological polar surface area (TPSA) is 153 Å². The first kappa shape index (κ1) is 60.0. The zero-order valence-electron chi connectivity index (χ0n) is 46.1. The Morgan fingerprint density at radius 1 is 0.671 bits per heavy atom. The molecule has 73 heavy (non-hydrogen) atoms. The highest BCUT2D eigenvalue weighted by molar-refractivity contribution is 5.94. The molecule has 0 spiro atoms. The number of carboxylic acids is 1. The van der Waals surface area contributed by atoms with Gasteiger partial charge in [0.25, 0.3) is 0 Å². The van der Waals surface area contributed by atoms with Crippen molar-refractivity contribution in [2.24, 2.45) is 11.8 Å². The van der Waals surface area contributed by atoms with Crippen LogP contribution in [0.25, 0.3) is 0 Å². The molecule has 2 aliphatic heterocycles. The first-order valence-corrected chi connectivity index (χ1v) is 27.5. The SMILES string of the molecule is CCCCCCC(C)(C)c1cc(O)c2c(c1)OC(C)(C)[C@@H]1CC=C(C(=O)NC3(C)CCC3)C[C@@H]21.CCCCCCC(C)(C)c1cc(O)c2c(c1)OC(C)(C)[C@@H]1CC=C(C(=O)O)C[C@@H]21.[Cl-].[NH3+]C1(C(F)(F)F)CCC1. The smallest absolute Gasteiger partial charge is 0.444 e. The molecule has 0 unspecified atom stereocenters. The summed E-state index contributed by atoms with van der Waals surface area (Å²) in [7, 11) is 0. The number of halogens is 4. The Bertz CT molecular complexity index is 2330. The Hall–Kier alpha value is -3.90. The number of allylic oxidation sites excluding steroid dienone is 2. The Kier molecular flexibility index (Phi) is 19.0. The number of hydrogen-bond acceptors (Lipinski definition) is 6. The number of alkyl halides is 3. The maximum absolute atomic E-state index is 13.1. The minimum absolute atomic E-state index is 0. The lowest BCUT2D eigenvalue weighted by molar-refractivity contribution is -0.558. The van der Waals surface area contributed by atoms with Gasteiger partial charge in [-0.3, -0.25) is 4.79 Å². The van der Waals surface area contributed by atoms with Gasteiger partial charge in [0.2, 0.25) is 5.91 Å². The number of phenolic OH excluding ortho intramolecular Hbond substituents is 2. The number of rotatable bonds is 15. The van der Waals surface area contributed by atoms with Crippen LogP contribution in [0.15, 0.2) is 47.6 Å². The second kappa shape index (κ2) is 23.1. The van der Waals surface area contributed by atoms with Crippen molar-refractivity contribution < 1.29 is 65.7 Å². The molecule has 0 bridgehead atoms. The van der Waals surface area contributed by atoms with Crippen molar-refractivity contribution in [1.29, 1.82) is 0 Å². The molecule has 410 valence electrons. The summed E-state index contributed by atoms with van der Waals surface area (Å²) in [6.07, 6.45) is 18.7. The molecule has 0 radical (unpaired) electrons. The molecule has 0 aromatic heterocycles. The van der Waals surface area contributed by atoms with Gasteiger partial charge in [0, 0.05) is 64.3 Å². The van der Waals surface area contributed by atoms with Gasteiger partial charge in [0.05, 0.1) is 0 Å². The zero-order valence-corrected chi connectivity index (χ0v) is 46.9. The van der Waals surface area contributed by atoms with E-state index in [0.717, 1.165) is 71.4 Å². The largest absolute Gasteiger partial charge is 1.00 e. The average molecular weight is 1040 g/mol. The van der Waals surface area contributed by atoms with Gasteiger partial charge in [-0.05, 0) is 145 Å². The van der Waals surface area contributed by atoms with Crippen LogP contribution >= 0.6 is 0 Å². The number of ether oxygens (including phenoxy) is 2. The number of fused-ring (bicyclic) bond motifs is 6. The molecule has 2 heterocycles. The van der Waals surface area contributed by atoms with Gasteiger partial charge in [-0.25, -0.2) is 4.79 Å².